The largest absolute Gasteiger partial charge is 0.477 e. The molecule has 0 saturated heterocycles. The molecule has 1 atom stereocenters. The summed E-state index contributed by atoms with van der Waals surface area (Å²) in [5, 5.41) is 8.96. The van der Waals surface area contributed by atoms with E-state index in [0.717, 1.165) is 24.3 Å². The van der Waals surface area contributed by atoms with Crippen LogP contribution in [0.3, 0.4) is 0 Å². The standard InChI is InChI=1S/C13H10F3NO5S3/c1-7-6-10(23-11(7)12(18)19)25(21,22)17-8-2-4-9(5-3-8)24(20)13(14,15)16/h2-6,17H,1H3,(H,18,19)/t24-/m0/s1. The highest BCUT2D eigenvalue weighted by atomic mass is 32.2. The number of alkyl halides is 3. The van der Waals surface area contributed by atoms with Crippen molar-refractivity contribution in [2.24, 2.45) is 0 Å². The van der Waals surface area contributed by atoms with Crippen LogP contribution in [0.5, 0.6) is 0 Å². The second-order valence-corrected chi connectivity index (χ2v) is 9.16. The number of carbonyl (C=O) groups is 1. The van der Waals surface area contributed by atoms with E-state index < -0.39 is 37.2 Å². The van der Waals surface area contributed by atoms with Crippen molar-refractivity contribution in [3.8, 4) is 0 Å². The number of carboxylic acid groups (broad SMARTS) is 1. The van der Waals surface area contributed by atoms with Gasteiger partial charge in [-0.25, -0.2) is 17.4 Å². The van der Waals surface area contributed by atoms with Gasteiger partial charge in [0.1, 0.15) is 9.09 Å². The van der Waals surface area contributed by atoms with E-state index in [1.807, 2.05) is 0 Å². The Kier molecular flexibility index (Phi) is 5.25. The van der Waals surface area contributed by atoms with Gasteiger partial charge in [-0.1, -0.05) is 0 Å². The van der Waals surface area contributed by atoms with E-state index in [1.54, 1.807) is 0 Å². The Hall–Kier alpha value is -1.92. The number of rotatable bonds is 5. The van der Waals surface area contributed by atoms with Gasteiger partial charge in [-0.15, -0.1) is 11.3 Å². The highest BCUT2D eigenvalue weighted by molar-refractivity contribution is 7.94. The van der Waals surface area contributed by atoms with Gasteiger partial charge in [0, 0.05) is 10.6 Å². The van der Waals surface area contributed by atoms with Crippen LogP contribution < -0.4 is 4.72 Å². The van der Waals surface area contributed by atoms with Crippen molar-refractivity contribution in [3.05, 3.63) is 40.8 Å². The Bertz CT molecular complexity index is 933. The van der Waals surface area contributed by atoms with Gasteiger partial charge in [0.2, 0.25) is 0 Å². The summed E-state index contributed by atoms with van der Waals surface area (Å²) in [6.07, 6.45) is 0. The molecule has 1 aromatic heterocycles. The predicted molar refractivity (Wildman–Crippen MR) is 85.7 cm³/mol. The first kappa shape index (κ1) is 19.4. The van der Waals surface area contributed by atoms with E-state index in [2.05, 4.69) is 4.72 Å². The van der Waals surface area contributed by atoms with Crippen LogP contribution >= 0.6 is 11.3 Å². The molecular formula is C13H10F3NO5S3. The lowest BCUT2D eigenvalue weighted by molar-refractivity contribution is -0.0384. The van der Waals surface area contributed by atoms with Crippen LogP contribution in [0, 0.1) is 6.92 Å². The quantitative estimate of drug-likeness (QED) is 0.784. The van der Waals surface area contributed by atoms with Crippen LogP contribution in [-0.2, 0) is 20.8 Å². The fourth-order valence-electron chi connectivity index (χ4n) is 1.78. The fraction of sp³-hybridized carbons (Fsp3) is 0.154. The van der Waals surface area contributed by atoms with Gasteiger partial charge in [-0.2, -0.15) is 13.2 Å². The summed E-state index contributed by atoms with van der Waals surface area (Å²) >= 11 is 0.558. The average molecular weight is 413 g/mol. The van der Waals surface area contributed by atoms with Gasteiger partial charge in [0.15, 0.2) is 10.8 Å². The molecule has 0 radical (unpaired) electrons. The van der Waals surface area contributed by atoms with Gasteiger partial charge in [-0.3, -0.25) is 4.72 Å². The molecule has 0 saturated carbocycles. The monoisotopic (exact) mass is 413 g/mol. The van der Waals surface area contributed by atoms with Gasteiger partial charge in [0.05, 0.1) is 0 Å². The Balaban J connectivity index is 2.25. The number of nitrogens with one attached hydrogen (secondary N) is 1. The van der Waals surface area contributed by atoms with Gasteiger partial charge >= 0.3 is 11.5 Å². The molecule has 12 heteroatoms. The summed E-state index contributed by atoms with van der Waals surface area (Å²) in [5.41, 5.74) is -4.69. The van der Waals surface area contributed by atoms with Crippen LogP contribution in [0.15, 0.2) is 39.4 Å². The minimum absolute atomic E-state index is 0.0501. The first-order valence-electron chi connectivity index (χ1n) is 6.37. The predicted octanol–water partition coefficient (Wildman–Crippen LogP) is 3.18. The smallest absolute Gasteiger partial charge is 0.475 e. The van der Waals surface area contributed by atoms with Crippen molar-refractivity contribution >= 4 is 43.8 Å². The minimum Gasteiger partial charge on any atom is -0.477 e. The van der Waals surface area contributed by atoms with E-state index in [4.69, 9.17) is 5.11 Å². The molecule has 0 aliphatic rings. The summed E-state index contributed by atoms with van der Waals surface area (Å²) in [4.78, 5) is 10.3. The minimum atomic E-state index is -4.91. The van der Waals surface area contributed by atoms with Crippen molar-refractivity contribution in [3.63, 3.8) is 0 Å². The van der Waals surface area contributed by atoms with Crippen molar-refractivity contribution < 1.29 is 35.7 Å². The molecule has 136 valence electrons. The van der Waals surface area contributed by atoms with E-state index in [9.17, 15) is 30.6 Å². The van der Waals surface area contributed by atoms with Gasteiger partial charge in [0.25, 0.3) is 10.0 Å². The molecule has 2 aromatic rings. The number of hydrogen-bond donors (Lipinski definition) is 2. The molecule has 1 heterocycles. The van der Waals surface area contributed by atoms with Gasteiger partial charge in [-0.05, 0) is 42.8 Å². The number of sulfonamides is 1. The molecule has 2 N–H and O–H groups in total. The molecule has 0 bridgehead atoms. The number of carboxylic acids is 1. The Labute approximate surface area is 146 Å². The lowest BCUT2D eigenvalue weighted by atomic mass is 10.3. The number of thiophene rings is 1. The van der Waals surface area contributed by atoms with E-state index in [-0.39, 0.29) is 20.3 Å². The van der Waals surface area contributed by atoms with E-state index >= 15 is 0 Å². The zero-order chi connectivity index (χ0) is 19.0. The van der Waals surface area contributed by atoms with Crippen molar-refractivity contribution in [1.29, 1.82) is 0 Å². The highest BCUT2D eigenvalue weighted by Gasteiger charge is 2.37. The SMILES string of the molecule is Cc1cc(S(=O)(=O)Nc2ccc([S@](=O)C(F)(F)F)cc2)sc1C(=O)O. The molecule has 0 spiro atoms. The number of halogens is 3. The van der Waals surface area contributed by atoms with E-state index in [1.165, 1.54) is 13.0 Å². The maximum absolute atomic E-state index is 12.4. The molecule has 0 amide bonds. The van der Waals surface area contributed by atoms with Gasteiger partial charge < -0.3 is 5.11 Å². The zero-order valence-corrected chi connectivity index (χ0v) is 14.8. The average Bonchev–Trinajstić information content (AvgIpc) is 2.89. The lowest BCUT2D eigenvalue weighted by Gasteiger charge is -2.08. The summed E-state index contributed by atoms with van der Waals surface area (Å²) in [5.74, 6) is -1.26. The number of hydrogen-bond acceptors (Lipinski definition) is 5. The molecule has 25 heavy (non-hydrogen) atoms. The summed E-state index contributed by atoms with van der Waals surface area (Å²) in [6, 6.07) is 5.04. The maximum atomic E-state index is 12.4. The summed E-state index contributed by atoms with van der Waals surface area (Å²) in [6.45, 7) is 1.44. The highest BCUT2D eigenvalue weighted by Crippen LogP contribution is 2.29. The van der Waals surface area contributed by atoms with Crippen molar-refractivity contribution in [2.75, 3.05) is 4.72 Å². The first-order valence-corrected chi connectivity index (χ1v) is 9.82. The third kappa shape index (κ3) is 4.38. The van der Waals surface area contributed by atoms with Crippen LogP contribution in [0.25, 0.3) is 0 Å². The fourth-order valence-corrected chi connectivity index (χ4v) is 4.87. The third-order valence-corrected chi connectivity index (χ3v) is 7.09. The second-order valence-electron chi connectivity index (χ2n) is 4.73. The van der Waals surface area contributed by atoms with Crippen LogP contribution in [-0.4, -0.2) is 29.2 Å². The number of aromatic carboxylic acids is 1. The second kappa shape index (κ2) is 6.77. The topological polar surface area (TPSA) is 101 Å². The van der Waals surface area contributed by atoms with E-state index in [0.29, 0.717) is 11.3 Å². The Morgan fingerprint density at radius 3 is 2.24 bits per heavy atom. The summed E-state index contributed by atoms with van der Waals surface area (Å²) < 4.78 is 74.7. The van der Waals surface area contributed by atoms with Crippen LogP contribution in [0.4, 0.5) is 18.9 Å². The Morgan fingerprint density at radius 2 is 1.80 bits per heavy atom. The van der Waals surface area contributed by atoms with Crippen LogP contribution in [0.2, 0.25) is 0 Å². The van der Waals surface area contributed by atoms with Crippen molar-refractivity contribution in [1.82, 2.24) is 0 Å². The molecule has 0 aliphatic carbocycles. The van der Waals surface area contributed by atoms with Crippen LogP contribution in [0.1, 0.15) is 15.2 Å². The van der Waals surface area contributed by atoms with Crippen molar-refractivity contribution in [2.45, 2.75) is 21.5 Å². The molecule has 0 fully saturated rings. The molecule has 0 unspecified atom stereocenters. The number of benzene rings is 1. The maximum Gasteiger partial charge on any atom is 0.475 e. The number of aryl methyl sites for hydroxylation is 1. The Morgan fingerprint density at radius 1 is 1.24 bits per heavy atom. The molecule has 0 aliphatic heterocycles. The number of anilines is 1. The molecule has 2 rings (SSSR count). The summed E-state index contributed by atoms with van der Waals surface area (Å²) in [7, 11) is -7.32. The molecular weight excluding hydrogens is 403 g/mol. The molecule has 6 nitrogen and oxygen atoms in total. The molecule has 1 aromatic carbocycles. The normalized spacial score (nSPS) is 13.4. The third-order valence-electron chi connectivity index (χ3n) is 2.89. The first-order chi connectivity index (χ1) is 11.4. The lowest BCUT2D eigenvalue weighted by Crippen LogP contribution is -2.16. The zero-order valence-electron chi connectivity index (χ0n) is 12.3.